The Hall–Kier alpha value is -1.10. The van der Waals surface area contributed by atoms with Crippen LogP contribution in [0.25, 0.3) is 0 Å². The highest BCUT2D eigenvalue weighted by atomic mass is 16.5. The predicted molar refractivity (Wildman–Crippen MR) is 67.3 cm³/mol. The summed E-state index contributed by atoms with van der Waals surface area (Å²) in [6.07, 6.45) is 5.38. The lowest BCUT2D eigenvalue weighted by Crippen LogP contribution is -2.31. The van der Waals surface area contributed by atoms with Crippen LogP contribution in [0.1, 0.15) is 44.9 Å². The van der Waals surface area contributed by atoms with Gasteiger partial charge in [0.15, 0.2) is 0 Å². The number of hydrogen-bond donors (Lipinski definition) is 1. The van der Waals surface area contributed by atoms with Gasteiger partial charge in [-0.2, -0.15) is 0 Å². The molecule has 1 rings (SSSR count). The van der Waals surface area contributed by atoms with Crippen LogP contribution >= 0.6 is 0 Å². The molecule has 0 aromatic carbocycles. The minimum absolute atomic E-state index is 0.0204. The van der Waals surface area contributed by atoms with E-state index in [4.69, 9.17) is 9.84 Å². The highest BCUT2D eigenvalue weighted by Crippen LogP contribution is 2.15. The Balaban J connectivity index is 2.12. The Morgan fingerprint density at radius 2 is 2.11 bits per heavy atom. The fraction of sp³-hybridized carbons (Fsp3) is 0.846. The third kappa shape index (κ3) is 6.00. The van der Waals surface area contributed by atoms with E-state index < -0.39 is 5.97 Å². The molecule has 0 spiro atoms. The molecule has 0 aliphatic carbocycles. The molecule has 1 aliphatic heterocycles. The van der Waals surface area contributed by atoms with Gasteiger partial charge in [0, 0.05) is 33.0 Å². The first-order valence-corrected chi connectivity index (χ1v) is 6.67. The highest BCUT2D eigenvalue weighted by Gasteiger charge is 2.16. The third-order valence-electron chi connectivity index (χ3n) is 3.27. The minimum atomic E-state index is -0.846. The molecule has 1 heterocycles. The molecule has 1 fully saturated rings. The average Bonchev–Trinajstić information content (AvgIpc) is 2.36. The maximum atomic E-state index is 11.7. The van der Waals surface area contributed by atoms with E-state index in [0.29, 0.717) is 19.4 Å². The summed E-state index contributed by atoms with van der Waals surface area (Å²) in [6, 6.07) is 0. The van der Waals surface area contributed by atoms with Gasteiger partial charge in [0.25, 0.3) is 0 Å². The van der Waals surface area contributed by atoms with Crippen LogP contribution in [-0.4, -0.2) is 48.2 Å². The second-order valence-electron chi connectivity index (χ2n) is 4.84. The second-order valence-corrected chi connectivity index (χ2v) is 4.84. The molecule has 1 saturated heterocycles. The van der Waals surface area contributed by atoms with Gasteiger partial charge in [-0.3, -0.25) is 9.59 Å². The van der Waals surface area contributed by atoms with E-state index in [1.165, 1.54) is 6.42 Å². The molecule has 104 valence electrons. The highest BCUT2D eigenvalue weighted by molar-refractivity contribution is 5.76. The first kappa shape index (κ1) is 15.0. The summed E-state index contributed by atoms with van der Waals surface area (Å²) in [4.78, 5) is 23.7. The lowest BCUT2D eigenvalue weighted by atomic mass is 10.1. The fourth-order valence-electron chi connectivity index (χ4n) is 2.08. The van der Waals surface area contributed by atoms with Gasteiger partial charge in [0.2, 0.25) is 5.91 Å². The Morgan fingerprint density at radius 1 is 1.33 bits per heavy atom. The van der Waals surface area contributed by atoms with Crippen LogP contribution in [0, 0.1) is 0 Å². The van der Waals surface area contributed by atoms with E-state index in [9.17, 15) is 9.59 Å². The van der Waals surface area contributed by atoms with Crippen LogP contribution in [0.4, 0.5) is 0 Å². The van der Waals surface area contributed by atoms with E-state index >= 15 is 0 Å². The third-order valence-corrected chi connectivity index (χ3v) is 3.27. The zero-order chi connectivity index (χ0) is 13.4. The first-order chi connectivity index (χ1) is 8.59. The van der Waals surface area contributed by atoms with Crippen molar-refractivity contribution in [2.75, 3.05) is 20.2 Å². The van der Waals surface area contributed by atoms with Crippen LogP contribution in [0.2, 0.25) is 0 Å². The summed E-state index contributed by atoms with van der Waals surface area (Å²) in [5.74, 6) is -0.826. The molecule has 1 amide bonds. The smallest absolute Gasteiger partial charge is 0.303 e. The molecule has 0 unspecified atom stereocenters. The topological polar surface area (TPSA) is 66.8 Å². The van der Waals surface area contributed by atoms with Crippen molar-refractivity contribution >= 4 is 11.9 Å². The average molecular weight is 257 g/mol. The van der Waals surface area contributed by atoms with Gasteiger partial charge >= 0.3 is 5.97 Å². The number of hydrogen-bond acceptors (Lipinski definition) is 3. The van der Waals surface area contributed by atoms with Gasteiger partial charge in [0.1, 0.15) is 0 Å². The molecule has 18 heavy (non-hydrogen) atoms. The van der Waals surface area contributed by atoms with E-state index in [2.05, 4.69) is 0 Å². The molecule has 1 atom stereocenters. The number of rotatable bonds is 7. The molecule has 0 aromatic heterocycles. The molecule has 0 saturated carbocycles. The Kier molecular flexibility index (Phi) is 6.72. The second kappa shape index (κ2) is 8.08. The molecule has 0 aromatic rings. The number of carbonyl (C=O) groups is 2. The lowest BCUT2D eigenvalue weighted by Gasteiger charge is -2.25. The number of amides is 1. The van der Waals surface area contributed by atoms with Crippen molar-refractivity contribution in [3.8, 4) is 0 Å². The van der Waals surface area contributed by atoms with E-state index in [1.807, 2.05) is 0 Å². The summed E-state index contributed by atoms with van der Waals surface area (Å²) in [6.45, 7) is 1.53. The van der Waals surface area contributed by atoms with Crippen molar-refractivity contribution in [2.45, 2.75) is 51.0 Å². The molecule has 5 heteroatoms. The zero-order valence-electron chi connectivity index (χ0n) is 11.1. The minimum Gasteiger partial charge on any atom is -0.481 e. The summed E-state index contributed by atoms with van der Waals surface area (Å²) in [5.41, 5.74) is 0. The Bertz CT molecular complexity index is 274. The quantitative estimate of drug-likeness (QED) is 0.753. The van der Waals surface area contributed by atoms with Gasteiger partial charge < -0.3 is 14.7 Å². The summed E-state index contributed by atoms with van der Waals surface area (Å²) < 4.78 is 5.61. The van der Waals surface area contributed by atoms with E-state index in [1.54, 1.807) is 11.9 Å². The van der Waals surface area contributed by atoms with Crippen LogP contribution in [0.15, 0.2) is 0 Å². The lowest BCUT2D eigenvalue weighted by molar-refractivity contribution is -0.137. The van der Waals surface area contributed by atoms with Gasteiger partial charge in [-0.1, -0.05) is 0 Å². The Labute approximate surface area is 108 Å². The van der Waals surface area contributed by atoms with Crippen LogP contribution in [0.5, 0.6) is 0 Å². The summed E-state index contributed by atoms with van der Waals surface area (Å²) in [5, 5.41) is 8.50. The van der Waals surface area contributed by atoms with Gasteiger partial charge in [-0.05, 0) is 32.1 Å². The zero-order valence-corrected chi connectivity index (χ0v) is 11.1. The van der Waals surface area contributed by atoms with Gasteiger partial charge in [0.05, 0.1) is 6.10 Å². The number of carbonyl (C=O) groups excluding carboxylic acids is 1. The summed E-state index contributed by atoms with van der Waals surface area (Å²) in [7, 11) is 1.77. The number of aliphatic carboxylic acids is 1. The molecule has 1 N–H and O–H groups in total. The monoisotopic (exact) mass is 257 g/mol. The standard InChI is InChI=1S/C13H23NO4/c1-14(12(15)6-4-7-13(16)17)9-8-11-5-2-3-10-18-11/h11H,2-10H2,1H3,(H,16,17)/t11-/m0/s1. The SMILES string of the molecule is CN(CC[C@@H]1CCCCO1)C(=O)CCCC(=O)O. The maximum Gasteiger partial charge on any atom is 0.303 e. The first-order valence-electron chi connectivity index (χ1n) is 6.67. The van der Waals surface area contributed by atoms with E-state index in [0.717, 1.165) is 25.9 Å². The normalized spacial score (nSPS) is 19.5. The van der Waals surface area contributed by atoms with Crippen LogP contribution in [0.3, 0.4) is 0 Å². The number of nitrogens with zero attached hydrogens (tertiary/aromatic N) is 1. The molecule has 5 nitrogen and oxygen atoms in total. The van der Waals surface area contributed by atoms with Crippen molar-refractivity contribution in [1.29, 1.82) is 0 Å². The van der Waals surface area contributed by atoms with Gasteiger partial charge in [-0.15, -0.1) is 0 Å². The largest absolute Gasteiger partial charge is 0.481 e. The molecular formula is C13H23NO4. The van der Waals surface area contributed by atoms with E-state index in [-0.39, 0.29) is 18.4 Å². The molecule has 0 bridgehead atoms. The van der Waals surface area contributed by atoms with Crippen molar-refractivity contribution in [3.05, 3.63) is 0 Å². The Morgan fingerprint density at radius 3 is 2.72 bits per heavy atom. The molecule has 1 aliphatic rings. The predicted octanol–water partition coefficient (Wildman–Crippen LogP) is 1.66. The maximum absolute atomic E-state index is 11.7. The van der Waals surface area contributed by atoms with Crippen LogP contribution < -0.4 is 0 Å². The van der Waals surface area contributed by atoms with Crippen molar-refractivity contribution in [1.82, 2.24) is 4.90 Å². The fourth-order valence-corrected chi connectivity index (χ4v) is 2.08. The van der Waals surface area contributed by atoms with Crippen molar-refractivity contribution in [2.24, 2.45) is 0 Å². The number of carboxylic acid groups (broad SMARTS) is 1. The molecule has 0 radical (unpaired) electrons. The van der Waals surface area contributed by atoms with Crippen LogP contribution in [-0.2, 0) is 14.3 Å². The van der Waals surface area contributed by atoms with Crippen molar-refractivity contribution in [3.63, 3.8) is 0 Å². The summed E-state index contributed by atoms with van der Waals surface area (Å²) >= 11 is 0. The molecular weight excluding hydrogens is 234 g/mol. The van der Waals surface area contributed by atoms with Gasteiger partial charge in [-0.25, -0.2) is 0 Å². The number of carboxylic acids is 1. The number of ether oxygens (including phenoxy) is 1. The van der Waals surface area contributed by atoms with Crippen molar-refractivity contribution < 1.29 is 19.4 Å².